The highest BCUT2D eigenvalue weighted by atomic mass is 16.6. The maximum atomic E-state index is 10.3. The first-order valence-electron chi connectivity index (χ1n) is 5.27. The molecule has 2 rings (SSSR count). The zero-order valence-corrected chi connectivity index (χ0v) is 9.80. The molecule has 1 amide bonds. The van der Waals surface area contributed by atoms with Gasteiger partial charge in [0.15, 0.2) is 12.1 Å². The third-order valence-corrected chi connectivity index (χ3v) is 2.35. The van der Waals surface area contributed by atoms with E-state index in [1.165, 1.54) is 6.20 Å². The molecule has 1 aliphatic rings. The summed E-state index contributed by atoms with van der Waals surface area (Å²) in [5.74, 6) is -0.178. The SMILES string of the molecule is NC(=O)c1ncc(N)[nH]1.OC[C@H]1OC(O)[C@H](O)[C@@H]1O. The van der Waals surface area contributed by atoms with Crippen molar-refractivity contribution in [2.45, 2.75) is 24.6 Å². The molecule has 10 heteroatoms. The molecular weight excluding hydrogens is 260 g/mol. The second-order valence-electron chi connectivity index (χ2n) is 3.78. The number of hydrogen-bond donors (Lipinski definition) is 7. The Kier molecular flexibility index (Phi) is 5.20. The Balaban J connectivity index is 0.000000191. The second kappa shape index (κ2) is 6.45. The number of amides is 1. The number of nitrogens with two attached hydrogens (primary N) is 2. The summed E-state index contributed by atoms with van der Waals surface area (Å²) in [6.45, 7) is -0.407. The Bertz CT molecular complexity index is 425. The standard InChI is InChI=1S/C5H10O5.C4H6N4O/c6-1-2-3(7)4(8)5(9)10-2;5-2-1-7-4(8-2)3(6)9/h2-9H,1H2;1H,5H2,(H2,6,9)(H,7,8)/t2-,3-,4-,5?;/m1./s1. The van der Waals surface area contributed by atoms with Crippen LogP contribution in [0.15, 0.2) is 6.20 Å². The number of nitrogens with one attached hydrogen (secondary N) is 1. The Morgan fingerprint density at radius 3 is 2.26 bits per heavy atom. The van der Waals surface area contributed by atoms with Crippen molar-refractivity contribution in [3.8, 4) is 0 Å². The fourth-order valence-corrected chi connectivity index (χ4v) is 1.34. The van der Waals surface area contributed by atoms with Crippen LogP contribution < -0.4 is 11.5 Å². The van der Waals surface area contributed by atoms with Crippen LogP contribution in [0.3, 0.4) is 0 Å². The number of rotatable bonds is 2. The molecule has 2 heterocycles. The van der Waals surface area contributed by atoms with Crippen LogP contribution in [-0.4, -0.2) is 67.5 Å². The van der Waals surface area contributed by atoms with Gasteiger partial charge < -0.3 is 41.6 Å². The van der Waals surface area contributed by atoms with Crippen LogP contribution in [0.2, 0.25) is 0 Å². The van der Waals surface area contributed by atoms with Gasteiger partial charge in [0.2, 0.25) is 0 Å². The lowest BCUT2D eigenvalue weighted by molar-refractivity contribution is -0.132. The molecule has 0 aliphatic carbocycles. The lowest BCUT2D eigenvalue weighted by Gasteiger charge is -2.09. The number of aliphatic hydroxyl groups is 4. The van der Waals surface area contributed by atoms with Crippen LogP contribution in [0.25, 0.3) is 0 Å². The minimum atomic E-state index is -1.38. The molecule has 0 spiro atoms. The van der Waals surface area contributed by atoms with Crippen molar-refractivity contribution in [2.24, 2.45) is 5.73 Å². The Morgan fingerprint density at radius 1 is 1.42 bits per heavy atom. The normalized spacial score (nSPS) is 29.7. The molecule has 1 aromatic heterocycles. The molecule has 1 aliphatic heterocycles. The van der Waals surface area contributed by atoms with E-state index in [9.17, 15) is 4.79 Å². The van der Waals surface area contributed by atoms with E-state index >= 15 is 0 Å². The van der Waals surface area contributed by atoms with Gasteiger partial charge in [-0.3, -0.25) is 4.79 Å². The van der Waals surface area contributed by atoms with E-state index in [1.807, 2.05) is 0 Å². The average molecular weight is 276 g/mol. The van der Waals surface area contributed by atoms with E-state index in [2.05, 4.69) is 14.7 Å². The van der Waals surface area contributed by atoms with Gasteiger partial charge in [-0.05, 0) is 0 Å². The van der Waals surface area contributed by atoms with Crippen molar-refractivity contribution in [1.29, 1.82) is 0 Å². The lowest BCUT2D eigenvalue weighted by atomic mass is 10.1. The number of aromatic nitrogens is 2. The van der Waals surface area contributed by atoms with Crippen LogP contribution in [0, 0.1) is 0 Å². The fourth-order valence-electron chi connectivity index (χ4n) is 1.34. The molecule has 0 saturated carbocycles. The van der Waals surface area contributed by atoms with Crippen LogP contribution in [0.4, 0.5) is 5.82 Å². The zero-order valence-electron chi connectivity index (χ0n) is 9.80. The summed E-state index contributed by atoms with van der Waals surface area (Å²) < 4.78 is 4.54. The first-order chi connectivity index (χ1) is 8.86. The monoisotopic (exact) mass is 276 g/mol. The number of carbonyl (C=O) groups is 1. The van der Waals surface area contributed by atoms with Gasteiger partial charge in [0, 0.05) is 0 Å². The summed E-state index contributed by atoms with van der Waals surface area (Å²) in [7, 11) is 0. The lowest BCUT2D eigenvalue weighted by Crippen LogP contribution is -2.33. The molecule has 10 nitrogen and oxygen atoms in total. The van der Waals surface area contributed by atoms with Crippen LogP contribution >= 0.6 is 0 Å². The van der Waals surface area contributed by atoms with Crippen molar-refractivity contribution in [3.63, 3.8) is 0 Å². The molecule has 19 heavy (non-hydrogen) atoms. The van der Waals surface area contributed by atoms with Gasteiger partial charge >= 0.3 is 0 Å². The summed E-state index contributed by atoms with van der Waals surface area (Å²) in [5.41, 5.74) is 10.0. The van der Waals surface area contributed by atoms with Crippen molar-refractivity contribution >= 4 is 11.7 Å². The number of nitrogens with zero attached hydrogens (tertiary/aromatic N) is 1. The Hall–Kier alpha value is -1.72. The van der Waals surface area contributed by atoms with E-state index in [0.29, 0.717) is 5.82 Å². The highest BCUT2D eigenvalue weighted by molar-refractivity contribution is 5.89. The molecule has 0 aromatic carbocycles. The number of nitrogen functional groups attached to an aromatic ring is 1. The topological polar surface area (TPSA) is 188 Å². The molecule has 1 fully saturated rings. The minimum Gasteiger partial charge on any atom is -0.394 e. The molecule has 108 valence electrons. The Labute approximate surface area is 107 Å². The van der Waals surface area contributed by atoms with E-state index < -0.39 is 37.1 Å². The van der Waals surface area contributed by atoms with Crippen molar-refractivity contribution in [3.05, 3.63) is 12.0 Å². The van der Waals surface area contributed by atoms with E-state index in [4.69, 9.17) is 31.9 Å². The smallest absolute Gasteiger partial charge is 0.284 e. The van der Waals surface area contributed by atoms with Crippen LogP contribution in [0.1, 0.15) is 10.6 Å². The molecule has 0 radical (unpaired) electrons. The highest BCUT2D eigenvalue weighted by Crippen LogP contribution is 2.18. The highest BCUT2D eigenvalue weighted by Gasteiger charge is 2.41. The summed E-state index contributed by atoms with van der Waals surface area (Å²) >= 11 is 0. The maximum absolute atomic E-state index is 10.3. The van der Waals surface area contributed by atoms with Crippen molar-refractivity contribution in [1.82, 2.24) is 9.97 Å². The largest absolute Gasteiger partial charge is 0.394 e. The molecular formula is C9H16N4O6. The molecule has 9 N–H and O–H groups in total. The molecule has 4 atom stereocenters. The van der Waals surface area contributed by atoms with Crippen molar-refractivity contribution in [2.75, 3.05) is 12.3 Å². The number of imidazole rings is 1. The second-order valence-corrected chi connectivity index (χ2v) is 3.78. The van der Waals surface area contributed by atoms with Crippen LogP contribution in [0.5, 0.6) is 0 Å². The number of H-pyrrole nitrogens is 1. The number of aliphatic hydroxyl groups excluding tert-OH is 4. The van der Waals surface area contributed by atoms with Gasteiger partial charge in [0.1, 0.15) is 24.1 Å². The van der Waals surface area contributed by atoms with Crippen molar-refractivity contribution < 1.29 is 30.0 Å². The van der Waals surface area contributed by atoms with Gasteiger partial charge in [0.25, 0.3) is 5.91 Å². The molecule has 1 unspecified atom stereocenters. The number of carbonyl (C=O) groups excluding carboxylic acids is 1. The summed E-state index contributed by atoms with van der Waals surface area (Å²) in [4.78, 5) is 16.3. The predicted octanol–water partition coefficient (Wildman–Crippen LogP) is -3.49. The fraction of sp³-hybridized carbons (Fsp3) is 0.556. The number of primary amides is 1. The zero-order chi connectivity index (χ0) is 14.6. The first kappa shape index (κ1) is 15.3. The van der Waals surface area contributed by atoms with E-state index in [0.717, 1.165) is 0 Å². The van der Waals surface area contributed by atoms with Gasteiger partial charge in [-0.1, -0.05) is 0 Å². The third kappa shape index (κ3) is 3.87. The van der Waals surface area contributed by atoms with Gasteiger partial charge in [0.05, 0.1) is 12.8 Å². The molecule has 1 saturated heterocycles. The first-order valence-corrected chi connectivity index (χ1v) is 5.27. The van der Waals surface area contributed by atoms with Crippen LogP contribution in [-0.2, 0) is 4.74 Å². The average Bonchev–Trinajstić information content (AvgIpc) is 2.90. The van der Waals surface area contributed by atoms with E-state index in [-0.39, 0.29) is 5.82 Å². The third-order valence-electron chi connectivity index (χ3n) is 2.35. The summed E-state index contributed by atoms with van der Waals surface area (Å²) in [6, 6.07) is 0. The molecule has 0 bridgehead atoms. The van der Waals surface area contributed by atoms with Gasteiger partial charge in [-0.15, -0.1) is 0 Å². The summed E-state index contributed by atoms with van der Waals surface area (Å²) in [5, 5.41) is 35.0. The minimum absolute atomic E-state index is 0.0903. The van der Waals surface area contributed by atoms with Gasteiger partial charge in [-0.25, -0.2) is 4.98 Å². The number of hydrogen-bond acceptors (Lipinski definition) is 8. The molecule has 1 aromatic rings. The predicted molar refractivity (Wildman–Crippen MR) is 61.5 cm³/mol. The summed E-state index contributed by atoms with van der Waals surface area (Å²) in [6.07, 6.45) is -3.42. The van der Waals surface area contributed by atoms with Gasteiger partial charge in [-0.2, -0.15) is 0 Å². The number of aromatic amines is 1. The quantitative estimate of drug-likeness (QED) is 0.289. The maximum Gasteiger partial charge on any atom is 0.284 e. The van der Waals surface area contributed by atoms with E-state index in [1.54, 1.807) is 0 Å². The number of anilines is 1. The Morgan fingerprint density at radius 2 is 2.05 bits per heavy atom. The number of ether oxygens (including phenoxy) is 1.